The largest absolute Gasteiger partial charge is 0.480 e. The fourth-order valence-electron chi connectivity index (χ4n) is 1.42. The summed E-state index contributed by atoms with van der Waals surface area (Å²) in [5, 5.41) is 8.65. The molecule has 0 saturated carbocycles. The topological polar surface area (TPSA) is 101 Å². The standard InChI is InChI=1S/C12H14N2O4/c13-10(12(17)18)8-11(16)14(6-7-15)9-4-2-1-3-5-9/h1-5,7,10H,6,8,13H2,(H,17,18)/t10-/m0/s1. The molecule has 1 aromatic carbocycles. The average molecular weight is 250 g/mol. The molecule has 0 spiro atoms. The lowest BCUT2D eigenvalue weighted by Gasteiger charge is -2.21. The van der Waals surface area contributed by atoms with E-state index in [-0.39, 0.29) is 13.0 Å². The molecule has 0 bridgehead atoms. The minimum absolute atomic E-state index is 0.130. The smallest absolute Gasteiger partial charge is 0.321 e. The van der Waals surface area contributed by atoms with E-state index in [1.165, 1.54) is 4.90 Å². The summed E-state index contributed by atoms with van der Waals surface area (Å²) in [6.45, 7) is -0.130. The van der Waals surface area contributed by atoms with Crippen molar-refractivity contribution in [2.24, 2.45) is 5.73 Å². The first kappa shape index (κ1) is 13.9. The molecule has 0 aliphatic rings. The number of carboxylic acid groups (broad SMARTS) is 1. The molecule has 1 rings (SSSR count). The van der Waals surface area contributed by atoms with E-state index in [1.807, 2.05) is 0 Å². The highest BCUT2D eigenvalue weighted by Crippen LogP contribution is 2.14. The second-order valence-electron chi connectivity index (χ2n) is 3.66. The first-order chi connectivity index (χ1) is 8.56. The molecule has 0 saturated heterocycles. The molecule has 0 aromatic heterocycles. The van der Waals surface area contributed by atoms with E-state index < -0.39 is 17.9 Å². The van der Waals surface area contributed by atoms with E-state index in [0.717, 1.165) is 0 Å². The van der Waals surface area contributed by atoms with Gasteiger partial charge in [-0.2, -0.15) is 0 Å². The summed E-state index contributed by atoms with van der Waals surface area (Å²) >= 11 is 0. The number of carboxylic acids is 1. The molecule has 0 radical (unpaired) electrons. The van der Waals surface area contributed by atoms with E-state index in [1.54, 1.807) is 30.3 Å². The second kappa shape index (κ2) is 6.51. The lowest BCUT2D eigenvalue weighted by molar-refractivity contribution is -0.140. The van der Waals surface area contributed by atoms with Crippen LogP contribution in [0.3, 0.4) is 0 Å². The summed E-state index contributed by atoms with van der Waals surface area (Å²) in [4.78, 5) is 34.2. The number of nitrogens with two attached hydrogens (primary N) is 1. The molecule has 0 aliphatic heterocycles. The van der Waals surface area contributed by atoms with Crippen molar-refractivity contribution < 1.29 is 19.5 Å². The monoisotopic (exact) mass is 250 g/mol. The zero-order valence-corrected chi connectivity index (χ0v) is 9.65. The number of benzene rings is 1. The van der Waals surface area contributed by atoms with Crippen LogP contribution in [0.25, 0.3) is 0 Å². The molecule has 1 aromatic rings. The number of nitrogens with zero attached hydrogens (tertiary/aromatic N) is 1. The molecule has 1 atom stereocenters. The Balaban J connectivity index is 2.82. The van der Waals surface area contributed by atoms with E-state index in [4.69, 9.17) is 10.8 Å². The van der Waals surface area contributed by atoms with Crippen LogP contribution in [0.2, 0.25) is 0 Å². The first-order valence-corrected chi connectivity index (χ1v) is 5.33. The van der Waals surface area contributed by atoms with Gasteiger partial charge in [-0.1, -0.05) is 18.2 Å². The van der Waals surface area contributed by atoms with Gasteiger partial charge in [0.2, 0.25) is 5.91 Å². The number of anilines is 1. The van der Waals surface area contributed by atoms with Crippen molar-refractivity contribution in [3.63, 3.8) is 0 Å². The number of rotatable bonds is 6. The Morgan fingerprint density at radius 2 is 1.94 bits per heavy atom. The highest BCUT2D eigenvalue weighted by molar-refractivity contribution is 5.98. The van der Waals surface area contributed by atoms with Crippen LogP contribution in [0, 0.1) is 0 Å². The van der Waals surface area contributed by atoms with Crippen molar-refractivity contribution in [1.29, 1.82) is 0 Å². The van der Waals surface area contributed by atoms with Crippen LogP contribution in [0.4, 0.5) is 5.69 Å². The van der Waals surface area contributed by atoms with Crippen molar-refractivity contribution in [3.05, 3.63) is 30.3 Å². The van der Waals surface area contributed by atoms with E-state index in [0.29, 0.717) is 12.0 Å². The minimum Gasteiger partial charge on any atom is -0.480 e. The van der Waals surface area contributed by atoms with Crippen molar-refractivity contribution in [2.75, 3.05) is 11.4 Å². The third kappa shape index (κ3) is 3.67. The fourth-order valence-corrected chi connectivity index (χ4v) is 1.42. The predicted molar refractivity (Wildman–Crippen MR) is 65.1 cm³/mol. The van der Waals surface area contributed by atoms with Crippen LogP contribution in [0.5, 0.6) is 0 Å². The van der Waals surface area contributed by atoms with E-state index in [9.17, 15) is 14.4 Å². The van der Waals surface area contributed by atoms with Gasteiger partial charge >= 0.3 is 5.97 Å². The van der Waals surface area contributed by atoms with E-state index >= 15 is 0 Å². The molecule has 96 valence electrons. The van der Waals surface area contributed by atoms with Crippen molar-refractivity contribution >= 4 is 23.9 Å². The molecular formula is C12H14N2O4. The number of carbonyl (C=O) groups is 3. The normalized spacial score (nSPS) is 11.6. The molecule has 3 N–H and O–H groups in total. The number of amides is 1. The van der Waals surface area contributed by atoms with Gasteiger partial charge in [0, 0.05) is 5.69 Å². The lowest BCUT2D eigenvalue weighted by Crippen LogP contribution is -2.40. The summed E-state index contributed by atoms with van der Waals surface area (Å²) in [7, 11) is 0. The number of carbonyl (C=O) groups excluding carboxylic acids is 2. The van der Waals surface area contributed by atoms with Crippen molar-refractivity contribution in [2.45, 2.75) is 12.5 Å². The molecule has 6 heteroatoms. The third-order valence-corrected chi connectivity index (χ3v) is 2.34. The Hall–Kier alpha value is -2.21. The Bertz CT molecular complexity index is 433. The highest BCUT2D eigenvalue weighted by atomic mass is 16.4. The number of para-hydroxylation sites is 1. The van der Waals surface area contributed by atoms with Crippen LogP contribution >= 0.6 is 0 Å². The Morgan fingerprint density at radius 3 is 2.44 bits per heavy atom. The third-order valence-electron chi connectivity index (χ3n) is 2.34. The van der Waals surface area contributed by atoms with Gasteiger partial charge in [0.05, 0.1) is 13.0 Å². The zero-order valence-electron chi connectivity index (χ0n) is 9.65. The molecule has 0 fully saturated rings. The average Bonchev–Trinajstić information content (AvgIpc) is 2.36. The van der Waals surface area contributed by atoms with Crippen LogP contribution in [-0.4, -0.2) is 35.9 Å². The van der Waals surface area contributed by atoms with Crippen LogP contribution in [0.15, 0.2) is 30.3 Å². The summed E-state index contributed by atoms with van der Waals surface area (Å²) in [5.74, 6) is -1.74. The van der Waals surface area contributed by atoms with Gasteiger partial charge in [0.15, 0.2) is 0 Å². The van der Waals surface area contributed by atoms with Crippen molar-refractivity contribution in [3.8, 4) is 0 Å². The molecule has 0 unspecified atom stereocenters. The molecular weight excluding hydrogens is 236 g/mol. The van der Waals surface area contributed by atoms with Gasteiger partial charge in [0.1, 0.15) is 12.3 Å². The minimum atomic E-state index is -1.27. The van der Waals surface area contributed by atoms with E-state index in [2.05, 4.69) is 0 Å². The van der Waals surface area contributed by atoms with Crippen LogP contribution in [-0.2, 0) is 14.4 Å². The van der Waals surface area contributed by atoms with Crippen molar-refractivity contribution in [1.82, 2.24) is 0 Å². The van der Waals surface area contributed by atoms with Gasteiger partial charge in [-0.3, -0.25) is 9.59 Å². The molecule has 6 nitrogen and oxygen atoms in total. The molecule has 0 heterocycles. The summed E-state index contributed by atoms with van der Waals surface area (Å²) < 4.78 is 0. The summed E-state index contributed by atoms with van der Waals surface area (Å²) in [6.07, 6.45) is 0.231. The maximum atomic E-state index is 11.9. The van der Waals surface area contributed by atoms with Crippen LogP contribution in [0.1, 0.15) is 6.42 Å². The Labute approximate surface area is 104 Å². The summed E-state index contributed by atoms with van der Waals surface area (Å²) in [5.41, 5.74) is 5.83. The fraction of sp³-hybridized carbons (Fsp3) is 0.250. The first-order valence-electron chi connectivity index (χ1n) is 5.33. The van der Waals surface area contributed by atoms with Gasteiger partial charge in [-0.05, 0) is 12.1 Å². The summed E-state index contributed by atoms with van der Waals surface area (Å²) in [6, 6.07) is 7.27. The van der Waals surface area contributed by atoms with Crippen LogP contribution < -0.4 is 10.6 Å². The van der Waals surface area contributed by atoms with Gasteiger partial charge < -0.3 is 20.5 Å². The van der Waals surface area contributed by atoms with Gasteiger partial charge in [-0.15, -0.1) is 0 Å². The maximum Gasteiger partial charge on any atom is 0.321 e. The Morgan fingerprint density at radius 1 is 1.33 bits per heavy atom. The second-order valence-corrected chi connectivity index (χ2v) is 3.66. The highest BCUT2D eigenvalue weighted by Gasteiger charge is 2.21. The zero-order chi connectivity index (χ0) is 13.5. The quantitative estimate of drug-likeness (QED) is 0.693. The Kier molecular flexibility index (Phi) is 5.01. The lowest BCUT2D eigenvalue weighted by atomic mass is 10.2. The number of hydrogen-bond donors (Lipinski definition) is 2. The molecule has 0 aliphatic carbocycles. The molecule has 18 heavy (non-hydrogen) atoms. The predicted octanol–water partition coefficient (Wildman–Crippen LogP) is 0.0205. The SMILES string of the molecule is N[C@@H](CC(=O)N(CC=O)c1ccccc1)C(=O)O. The van der Waals surface area contributed by atoms with Gasteiger partial charge in [0.25, 0.3) is 0 Å². The number of aldehydes is 1. The van der Waals surface area contributed by atoms with Gasteiger partial charge in [-0.25, -0.2) is 0 Å². The number of hydrogen-bond acceptors (Lipinski definition) is 4. The molecule has 1 amide bonds. The number of aliphatic carboxylic acids is 1. The maximum absolute atomic E-state index is 11.9.